The van der Waals surface area contributed by atoms with Crippen LogP contribution in [0.15, 0.2) is 24.8 Å². The molecule has 0 aromatic carbocycles. The monoisotopic (exact) mass is 272 g/mol. The topological polar surface area (TPSA) is 42.2 Å². The highest BCUT2D eigenvalue weighted by molar-refractivity contribution is 5.53. The van der Waals surface area contributed by atoms with Crippen molar-refractivity contribution >= 4 is 5.52 Å². The molecule has 1 fully saturated rings. The number of nitrogens with zero attached hydrogens (tertiary/aromatic N) is 3. The van der Waals surface area contributed by atoms with Crippen molar-refractivity contribution in [3.8, 4) is 0 Å². The minimum absolute atomic E-state index is 0.407. The van der Waals surface area contributed by atoms with Crippen LogP contribution in [0.4, 0.5) is 0 Å². The Hall–Kier alpha value is -1.42. The summed E-state index contributed by atoms with van der Waals surface area (Å²) in [4.78, 5) is 4.26. The van der Waals surface area contributed by atoms with Crippen LogP contribution in [0.5, 0.6) is 0 Å². The third kappa shape index (κ3) is 2.57. The first-order valence-electron chi connectivity index (χ1n) is 7.80. The van der Waals surface area contributed by atoms with E-state index in [0.29, 0.717) is 12.0 Å². The number of hydrogen-bond donors (Lipinski definition) is 1. The van der Waals surface area contributed by atoms with Gasteiger partial charge in [-0.15, -0.1) is 0 Å². The van der Waals surface area contributed by atoms with Gasteiger partial charge in [0.15, 0.2) is 0 Å². The maximum Gasteiger partial charge on any atom is 0.0892 e. The summed E-state index contributed by atoms with van der Waals surface area (Å²) in [5.41, 5.74) is 2.44. The van der Waals surface area contributed by atoms with Gasteiger partial charge in [0.2, 0.25) is 0 Å². The van der Waals surface area contributed by atoms with Crippen LogP contribution in [0, 0.1) is 11.8 Å². The molecule has 20 heavy (non-hydrogen) atoms. The average Bonchev–Trinajstić information content (AvgIpc) is 2.88. The maximum atomic E-state index is 4.47. The summed E-state index contributed by atoms with van der Waals surface area (Å²) in [7, 11) is 0. The molecule has 1 aliphatic rings. The lowest BCUT2D eigenvalue weighted by molar-refractivity contribution is 0.226. The highest BCUT2D eigenvalue weighted by Crippen LogP contribution is 2.38. The molecule has 3 atom stereocenters. The molecule has 0 amide bonds. The predicted octanol–water partition coefficient (Wildman–Crippen LogP) is 3.21. The summed E-state index contributed by atoms with van der Waals surface area (Å²) in [5, 5.41) is 8.16. The van der Waals surface area contributed by atoms with E-state index in [1.807, 2.05) is 23.1 Å². The van der Waals surface area contributed by atoms with Crippen molar-refractivity contribution in [2.75, 3.05) is 6.54 Å². The van der Waals surface area contributed by atoms with Crippen LogP contribution in [0.3, 0.4) is 0 Å². The lowest BCUT2D eigenvalue weighted by Crippen LogP contribution is -2.31. The highest BCUT2D eigenvalue weighted by Gasteiger charge is 2.29. The lowest BCUT2D eigenvalue weighted by atomic mass is 9.77. The first kappa shape index (κ1) is 13.6. The molecule has 0 radical (unpaired) electrons. The molecule has 1 N–H and O–H groups in total. The van der Waals surface area contributed by atoms with E-state index in [9.17, 15) is 0 Å². The number of fused-ring (bicyclic) bond motifs is 1. The molecule has 0 aliphatic heterocycles. The molecule has 108 valence electrons. The molecule has 2 heterocycles. The Balaban J connectivity index is 1.93. The van der Waals surface area contributed by atoms with Gasteiger partial charge in [0, 0.05) is 24.0 Å². The summed E-state index contributed by atoms with van der Waals surface area (Å²) in [6.45, 7) is 5.56. The number of nitrogens with one attached hydrogen (secondary N) is 1. The Bertz CT molecular complexity index is 562. The molecule has 4 heteroatoms. The second-order valence-corrected chi connectivity index (χ2v) is 6.07. The van der Waals surface area contributed by atoms with Gasteiger partial charge in [0.05, 0.1) is 17.9 Å². The zero-order chi connectivity index (χ0) is 13.9. The molecular weight excluding hydrogens is 248 g/mol. The molecular formula is C16H24N4. The largest absolute Gasteiger partial charge is 0.310 e. The summed E-state index contributed by atoms with van der Waals surface area (Å²) >= 11 is 0. The minimum Gasteiger partial charge on any atom is -0.310 e. The molecule has 4 nitrogen and oxygen atoms in total. The Kier molecular flexibility index (Phi) is 4.01. The van der Waals surface area contributed by atoms with Crippen LogP contribution in [-0.4, -0.2) is 21.1 Å². The number of hydrogen-bond acceptors (Lipinski definition) is 3. The first-order chi connectivity index (χ1) is 9.79. The Morgan fingerprint density at radius 3 is 3.10 bits per heavy atom. The van der Waals surface area contributed by atoms with Crippen molar-refractivity contribution < 1.29 is 0 Å². The van der Waals surface area contributed by atoms with Gasteiger partial charge >= 0.3 is 0 Å². The van der Waals surface area contributed by atoms with Gasteiger partial charge in [-0.2, -0.15) is 5.10 Å². The third-order valence-electron chi connectivity index (χ3n) is 4.56. The van der Waals surface area contributed by atoms with E-state index in [-0.39, 0.29) is 0 Å². The van der Waals surface area contributed by atoms with Gasteiger partial charge in [-0.25, -0.2) is 4.52 Å². The van der Waals surface area contributed by atoms with Crippen molar-refractivity contribution in [1.29, 1.82) is 0 Å². The van der Waals surface area contributed by atoms with Gasteiger partial charge in [-0.05, 0) is 31.2 Å². The fraction of sp³-hybridized carbons (Fsp3) is 0.625. The van der Waals surface area contributed by atoms with Crippen LogP contribution in [-0.2, 0) is 0 Å². The molecule has 1 saturated carbocycles. The quantitative estimate of drug-likeness (QED) is 0.929. The van der Waals surface area contributed by atoms with Crippen LogP contribution in [0.25, 0.3) is 5.52 Å². The van der Waals surface area contributed by atoms with E-state index >= 15 is 0 Å². The van der Waals surface area contributed by atoms with E-state index in [1.54, 1.807) is 6.20 Å². The van der Waals surface area contributed by atoms with Crippen molar-refractivity contribution in [3.05, 3.63) is 30.4 Å². The molecule has 0 spiro atoms. The smallest absolute Gasteiger partial charge is 0.0892 e. The van der Waals surface area contributed by atoms with Crippen molar-refractivity contribution in [2.45, 2.75) is 45.6 Å². The summed E-state index contributed by atoms with van der Waals surface area (Å²) in [6, 6.07) is 0.407. The molecule has 2 aromatic rings. The second kappa shape index (κ2) is 5.92. The predicted molar refractivity (Wildman–Crippen MR) is 80.5 cm³/mol. The highest BCUT2D eigenvalue weighted by atomic mass is 15.2. The van der Waals surface area contributed by atoms with E-state index in [4.69, 9.17) is 0 Å². The molecule has 2 aromatic heterocycles. The fourth-order valence-electron chi connectivity index (χ4n) is 3.63. The number of rotatable bonds is 4. The fourth-order valence-corrected chi connectivity index (χ4v) is 3.63. The molecule has 0 bridgehead atoms. The second-order valence-electron chi connectivity index (χ2n) is 6.07. The third-order valence-corrected chi connectivity index (χ3v) is 4.56. The standard InChI is InChI=1S/C16H24N4/c1-3-18-16(13-6-4-5-12(2)9-13)14-10-19-20-8-7-17-11-15(14)20/h7-8,10-13,16,18H,3-6,9H2,1-2H3. The summed E-state index contributed by atoms with van der Waals surface area (Å²) in [5.74, 6) is 1.56. The van der Waals surface area contributed by atoms with Gasteiger partial charge in [-0.3, -0.25) is 4.98 Å². The normalized spacial score (nSPS) is 24.9. The zero-order valence-electron chi connectivity index (χ0n) is 12.4. The van der Waals surface area contributed by atoms with Gasteiger partial charge in [0.25, 0.3) is 0 Å². The van der Waals surface area contributed by atoms with E-state index in [2.05, 4.69) is 29.2 Å². The van der Waals surface area contributed by atoms with Crippen molar-refractivity contribution in [3.63, 3.8) is 0 Å². The summed E-state index contributed by atoms with van der Waals surface area (Å²) in [6.07, 6.45) is 13.0. The molecule has 3 rings (SSSR count). The van der Waals surface area contributed by atoms with Crippen molar-refractivity contribution in [2.24, 2.45) is 11.8 Å². The van der Waals surface area contributed by atoms with Crippen LogP contribution < -0.4 is 5.32 Å². The lowest BCUT2D eigenvalue weighted by Gasteiger charge is -2.33. The Morgan fingerprint density at radius 1 is 1.40 bits per heavy atom. The first-order valence-corrected chi connectivity index (χ1v) is 7.80. The Morgan fingerprint density at radius 2 is 2.30 bits per heavy atom. The van der Waals surface area contributed by atoms with Crippen LogP contribution in [0.1, 0.15) is 51.1 Å². The van der Waals surface area contributed by atoms with Crippen LogP contribution in [0.2, 0.25) is 0 Å². The van der Waals surface area contributed by atoms with Crippen LogP contribution >= 0.6 is 0 Å². The van der Waals surface area contributed by atoms with Gasteiger partial charge in [0.1, 0.15) is 0 Å². The van der Waals surface area contributed by atoms with E-state index < -0.39 is 0 Å². The zero-order valence-corrected chi connectivity index (χ0v) is 12.4. The molecule has 1 aliphatic carbocycles. The maximum absolute atomic E-state index is 4.47. The van der Waals surface area contributed by atoms with Crippen molar-refractivity contribution in [1.82, 2.24) is 19.9 Å². The Labute approximate surface area is 120 Å². The van der Waals surface area contributed by atoms with Gasteiger partial charge in [-0.1, -0.05) is 26.7 Å². The SMILES string of the molecule is CCNC(c1cnn2ccncc12)C1CCCC(C)C1. The molecule has 0 saturated heterocycles. The van der Waals surface area contributed by atoms with E-state index in [0.717, 1.165) is 18.0 Å². The number of aromatic nitrogens is 3. The molecule has 3 unspecified atom stereocenters. The minimum atomic E-state index is 0.407. The average molecular weight is 272 g/mol. The van der Waals surface area contributed by atoms with E-state index in [1.165, 1.54) is 31.2 Å². The summed E-state index contributed by atoms with van der Waals surface area (Å²) < 4.78 is 1.93. The van der Waals surface area contributed by atoms with Gasteiger partial charge < -0.3 is 5.32 Å².